The minimum Gasteiger partial charge on any atom is -0.395 e. The third kappa shape index (κ3) is 2.64. The molecule has 0 aliphatic heterocycles. The van der Waals surface area contributed by atoms with E-state index in [9.17, 15) is 9.90 Å². The van der Waals surface area contributed by atoms with Crippen molar-refractivity contribution in [3.63, 3.8) is 0 Å². The highest BCUT2D eigenvalue weighted by Gasteiger charge is 2.43. The number of aromatic nitrogens is 1. The fraction of sp³-hybridized carbons (Fsp3) is 0.538. The normalized spacial score (nSPS) is 17.2. The SMILES string of the molecule is O=C(NCCc1ccncc1)C1(CO)CCC1. The summed E-state index contributed by atoms with van der Waals surface area (Å²) in [6, 6.07) is 3.88. The Morgan fingerprint density at radius 3 is 2.65 bits per heavy atom. The summed E-state index contributed by atoms with van der Waals surface area (Å²) in [4.78, 5) is 15.8. The van der Waals surface area contributed by atoms with Gasteiger partial charge in [0, 0.05) is 18.9 Å². The minimum absolute atomic E-state index is 0.000283. The first-order chi connectivity index (χ1) is 8.27. The molecule has 17 heavy (non-hydrogen) atoms. The van der Waals surface area contributed by atoms with Crippen LogP contribution in [0.1, 0.15) is 24.8 Å². The van der Waals surface area contributed by atoms with E-state index in [1.807, 2.05) is 12.1 Å². The third-order valence-corrected chi connectivity index (χ3v) is 3.54. The molecule has 1 saturated carbocycles. The predicted molar refractivity (Wildman–Crippen MR) is 64.3 cm³/mol. The van der Waals surface area contributed by atoms with E-state index in [0.29, 0.717) is 6.54 Å². The second-order valence-electron chi connectivity index (χ2n) is 4.65. The Balaban J connectivity index is 1.77. The molecule has 0 aromatic carbocycles. The molecule has 2 N–H and O–H groups in total. The summed E-state index contributed by atoms with van der Waals surface area (Å²) in [5.41, 5.74) is 0.671. The lowest BCUT2D eigenvalue weighted by Crippen LogP contribution is -2.48. The first-order valence-corrected chi connectivity index (χ1v) is 6.05. The van der Waals surface area contributed by atoms with Gasteiger partial charge in [0.1, 0.15) is 0 Å². The zero-order valence-corrected chi connectivity index (χ0v) is 9.85. The first-order valence-electron chi connectivity index (χ1n) is 6.05. The van der Waals surface area contributed by atoms with Crippen LogP contribution in [0, 0.1) is 5.41 Å². The number of carbonyl (C=O) groups excluding carboxylic acids is 1. The number of rotatable bonds is 5. The van der Waals surface area contributed by atoms with Crippen LogP contribution in [0.2, 0.25) is 0 Å². The summed E-state index contributed by atoms with van der Waals surface area (Å²) in [6.45, 7) is 0.582. The average Bonchev–Trinajstić information content (AvgIpc) is 2.30. The number of nitrogens with zero attached hydrogens (tertiary/aromatic N) is 1. The Bertz CT molecular complexity index is 369. The average molecular weight is 234 g/mol. The second kappa shape index (κ2) is 5.27. The second-order valence-corrected chi connectivity index (χ2v) is 4.65. The number of aliphatic hydroxyl groups excluding tert-OH is 1. The van der Waals surface area contributed by atoms with Crippen LogP contribution in [0.25, 0.3) is 0 Å². The standard InChI is InChI=1S/C13H18N2O2/c16-10-13(5-1-6-13)12(17)15-9-4-11-2-7-14-8-3-11/h2-3,7-8,16H,1,4-6,9-10H2,(H,15,17). The van der Waals surface area contributed by atoms with Crippen molar-refractivity contribution in [2.24, 2.45) is 5.41 Å². The van der Waals surface area contributed by atoms with Crippen LogP contribution in [0.3, 0.4) is 0 Å². The topological polar surface area (TPSA) is 62.2 Å². The molecule has 1 amide bonds. The highest BCUT2D eigenvalue weighted by atomic mass is 16.3. The van der Waals surface area contributed by atoms with E-state index in [1.54, 1.807) is 12.4 Å². The Kier molecular flexibility index (Phi) is 3.74. The minimum atomic E-state index is -0.488. The Morgan fingerprint density at radius 1 is 1.41 bits per heavy atom. The molecule has 1 aliphatic carbocycles. The molecule has 92 valence electrons. The molecule has 0 spiro atoms. The van der Waals surface area contributed by atoms with Crippen LogP contribution in [-0.2, 0) is 11.2 Å². The number of amides is 1. The number of carbonyl (C=O) groups is 1. The summed E-state index contributed by atoms with van der Waals surface area (Å²) in [5, 5.41) is 12.2. The van der Waals surface area contributed by atoms with Crippen molar-refractivity contribution >= 4 is 5.91 Å². The van der Waals surface area contributed by atoms with Gasteiger partial charge in [-0.05, 0) is 37.0 Å². The summed E-state index contributed by atoms with van der Waals surface area (Å²) in [6.07, 6.45) is 6.96. The van der Waals surface area contributed by atoms with Crippen LogP contribution < -0.4 is 5.32 Å². The van der Waals surface area contributed by atoms with E-state index >= 15 is 0 Å². The number of pyridine rings is 1. The van der Waals surface area contributed by atoms with Gasteiger partial charge in [-0.25, -0.2) is 0 Å². The zero-order valence-electron chi connectivity index (χ0n) is 9.85. The molecule has 1 aliphatic rings. The Labute approximate surface area is 101 Å². The molecule has 2 rings (SSSR count). The van der Waals surface area contributed by atoms with Gasteiger partial charge in [-0.1, -0.05) is 6.42 Å². The molecular formula is C13H18N2O2. The quantitative estimate of drug-likeness (QED) is 0.795. The molecule has 0 radical (unpaired) electrons. The van der Waals surface area contributed by atoms with Gasteiger partial charge in [0.05, 0.1) is 12.0 Å². The van der Waals surface area contributed by atoms with Crippen molar-refractivity contribution in [2.75, 3.05) is 13.2 Å². The van der Waals surface area contributed by atoms with E-state index in [-0.39, 0.29) is 12.5 Å². The lowest BCUT2D eigenvalue weighted by Gasteiger charge is -2.38. The molecule has 1 heterocycles. The fourth-order valence-electron chi connectivity index (χ4n) is 2.12. The van der Waals surface area contributed by atoms with Crippen LogP contribution in [0.5, 0.6) is 0 Å². The monoisotopic (exact) mass is 234 g/mol. The Morgan fingerprint density at radius 2 is 2.12 bits per heavy atom. The lowest BCUT2D eigenvalue weighted by molar-refractivity contribution is -0.139. The van der Waals surface area contributed by atoms with Crippen LogP contribution >= 0.6 is 0 Å². The van der Waals surface area contributed by atoms with Gasteiger partial charge in [-0.2, -0.15) is 0 Å². The lowest BCUT2D eigenvalue weighted by atomic mass is 9.68. The van der Waals surface area contributed by atoms with E-state index < -0.39 is 5.41 Å². The van der Waals surface area contributed by atoms with Crippen molar-refractivity contribution in [1.82, 2.24) is 10.3 Å². The number of hydrogen-bond donors (Lipinski definition) is 2. The summed E-state index contributed by atoms with van der Waals surface area (Å²) in [5.74, 6) is 0.000283. The maximum atomic E-state index is 11.9. The van der Waals surface area contributed by atoms with Crippen molar-refractivity contribution in [2.45, 2.75) is 25.7 Å². The van der Waals surface area contributed by atoms with Crippen molar-refractivity contribution in [1.29, 1.82) is 0 Å². The molecule has 0 saturated heterocycles. The predicted octanol–water partition coefficient (Wildman–Crippen LogP) is 0.903. The molecule has 1 aromatic rings. The fourth-order valence-corrected chi connectivity index (χ4v) is 2.12. The maximum absolute atomic E-state index is 11.9. The van der Waals surface area contributed by atoms with Gasteiger partial charge in [-0.3, -0.25) is 9.78 Å². The van der Waals surface area contributed by atoms with Gasteiger partial charge in [-0.15, -0.1) is 0 Å². The highest BCUT2D eigenvalue weighted by Crippen LogP contribution is 2.40. The molecule has 0 unspecified atom stereocenters. The summed E-state index contributed by atoms with van der Waals surface area (Å²) in [7, 11) is 0. The van der Waals surface area contributed by atoms with Crippen molar-refractivity contribution in [3.05, 3.63) is 30.1 Å². The van der Waals surface area contributed by atoms with Crippen LogP contribution in [0.15, 0.2) is 24.5 Å². The largest absolute Gasteiger partial charge is 0.395 e. The van der Waals surface area contributed by atoms with Crippen LogP contribution in [0.4, 0.5) is 0 Å². The number of aliphatic hydroxyl groups is 1. The van der Waals surface area contributed by atoms with Gasteiger partial charge in [0.2, 0.25) is 5.91 Å². The highest BCUT2D eigenvalue weighted by molar-refractivity contribution is 5.83. The van der Waals surface area contributed by atoms with E-state index in [2.05, 4.69) is 10.3 Å². The van der Waals surface area contributed by atoms with E-state index in [1.165, 1.54) is 0 Å². The van der Waals surface area contributed by atoms with Gasteiger partial charge in [0.25, 0.3) is 0 Å². The van der Waals surface area contributed by atoms with Crippen molar-refractivity contribution in [3.8, 4) is 0 Å². The molecule has 0 atom stereocenters. The van der Waals surface area contributed by atoms with E-state index in [0.717, 1.165) is 31.2 Å². The Hall–Kier alpha value is -1.42. The molecule has 1 aromatic heterocycles. The molecule has 4 nitrogen and oxygen atoms in total. The smallest absolute Gasteiger partial charge is 0.228 e. The maximum Gasteiger partial charge on any atom is 0.228 e. The van der Waals surface area contributed by atoms with Gasteiger partial charge in [0.15, 0.2) is 0 Å². The first kappa shape index (κ1) is 12.0. The summed E-state index contributed by atoms with van der Waals surface area (Å²) >= 11 is 0. The van der Waals surface area contributed by atoms with Crippen molar-refractivity contribution < 1.29 is 9.90 Å². The van der Waals surface area contributed by atoms with Crippen LogP contribution in [-0.4, -0.2) is 29.1 Å². The number of nitrogens with one attached hydrogen (secondary N) is 1. The molecular weight excluding hydrogens is 216 g/mol. The van der Waals surface area contributed by atoms with Gasteiger partial charge < -0.3 is 10.4 Å². The van der Waals surface area contributed by atoms with Gasteiger partial charge >= 0.3 is 0 Å². The van der Waals surface area contributed by atoms with E-state index in [4.69, 9.17) is 0 Å². The zero-order chi connectivity index (χ0) is 12.1. The molecule has 0 bridgehead atoms. The molecule has 1 fully saturated rings. The summed E-state index contributed by atoms with van der Waals surface area (Å²) < 4.78 is 0. The molecule has 4 heteroatoms. The number of hydrogen-bond acceptors (Lipinski definition) is 3. The third-order valence-electron chi connectivity index (χ3n) is 3.54.